The van der Waals surface area contributed by atoms with E-state index < -0.39 is 4.92 Å². The fourth-order valence-electron chi connectivity index (χ4n) is 1.03. The summed E-state index contributed by atoms with van der Waals surface area (Å²) in [6, 6.07) is 4.67. The summed E-state index contributed by atoms with van der Waals surface area (Å²) >= 11 is 3.26. The molecule has 0 radical (unpaired) electrons. The third-order valence-electron chi connectivity index (χ3n) is 1.69. The van der Waals surface area contributed by atoms with Gasteiger partial charge >= 0.3 is 5.69 Å². The lowest BCUT2D eigenvalue weighted by Gasteiger charge is -2.04. The van der Waals surface area contributed by atoms with Gasteiger partial charge in [-0.25, -0.2) is 0 Å². The number of terminal acetylenes is 1. The molecule has 0 saturated heterocycles. The smallest absolute Gasteiger partial charge is 0.310 e. The van der Waals surface area contributed by atoms with Crippen LogP contribution < -0.4 is 4.74 Å². The van der Waals surface area contributed by atoms with Gasteiger partial charge in [-0.15, -0.1) is 6.42 Å². The van der Waals surface area contributed by atoms with Crippen molar-refractivity contribution >= 4 is 21.6 Å². The van der Waals surface area contributed by atoms with Crippen molar-refractivity contribution in [1.29, 1.82) is 0 Å². The molecule has 0 fully saturated rings. The lowest BCUT2D eigenvalue weighted by Crippen LogP contribution is -1.99. The van der Waals surface area contributed by atoms with Crippen LogP contribution in [0.15, 0.2) is 18.2 Å². The lowest BCUT2D eigenvalue weighted by molar-refractivity contribution is -0.385. The summed E-state index contributed by atoms with van der Waals surface area (Å²) in [6.07, 6.45) is 5.02. The molecule has 0 heterocycles. The Hall–Kier alpha value is -1.54. The van der Waals surface area contributed by atoms with Gasteiger partial charge in [0.25, 0.3) is 0 Å². The molecule has 1 rings (SSSR count). The van der Waals surface area contributed by atoms with E-state index in [2.05, 4.69) is 21.9 Å². The molecule has 0 saturated carbocycles. The summed E-state index contributed by atoms with van der Waals surface area (Å²) < 4.78 is 5.09. The van der Waals surface area contributed by atoms with E-state index in [0.717, 1.165) is 5.56 Å². The quantitative estimate of drug-likeness (QED) is 0.365. The highest BCUT2D eigenvalue weighted by atomic mass is 79.9. The Balaban J connectivity index is 3.06. The van der Waals surface area contributed by atoms with E-state index >= 15 is 0 Å². The Morgan fingerprint density at radius 1 is 1.60 bits per heavy atom. The number of nitro benzene ring substituents is 1. The number of ether oxygens (including phenoxy) is 1. The Morgan fingerprint density at radius 2 is 2.33 bits per heavy atom. The number of halogens is 1. The van der Waals surface area contributed by atoms with Crippen LogP contribution in [0.5, 0.6) is 5.75 Å². The molecule has 0 N–H and O–H groups in total. The van der Waals surface area contributed by atoms with E-state index in [9.17, 15) is 10.1 Å². The van der Waals surface area contributed by atoms with Crippen molar-refractivity contribution in [1.82, 2.24) is 0 Å². The summed E-state index contributed by atoms with van der Waals surface area (Å²) in [5, 5.41) is 11.3. The molecule has 4 nitrogen and oxygen atoms in total. The fraction of sp³-hybridized carbons (Fsp3) is 0.200. The Bertz CT molecular complexity index is 412. The van der Waals surface area contributed by atoms with Crippen molar-refractivity contribution in [3.8, 4) is 18.1 Å². The van der Waals surface area contributed by atoms with Crippen LogP contribution in [0.4, 0.5) is 5.69 Å². The zero-order valence-corrected chi connectivity index (χ0v) is 9.36. The second-order valence-corrected chi connectivity index (χ2v) is 3.25. The Morgan fingerprint density at radius 3 is 2.87 bits per heavy atom. The summed E-state index contributed by atoms with van der Waals surface area (Å²) in [5.41, 5.74) is 0.822. The van der Waals surface area contributed by atoms with Crippen LogP contribution in [-0.2, 0) is 5.33 Å². The van der Waals surface area contributed by atoms with E-state index in [1.165, 1.54) is 6.07 Å². The lowest BCUT2D eigenvalue weighted by atomic mass is 10.2. The third-order valence-corrected chi connectivity index (χ3v) is 2.33. The molecule has 0 bridgehead atoms. The molecule has 0 unspecified atom stereocenters. The molecule has 0 aliphatic rings. The van der Waals surface area contributed by atoms with Crippen molar-refractivity contribution in [2.24, 2.45) is 0 Å². The maximum absolute atomic E-state index is 10.6. The van der Waals surface area contributed by atoms with Crippen LogP contribution in [0.1, 0.15) is 5.56 Å². The topological polar surface area (TPSA) is 52.4 Å². The number of hydrogen-bond acceptors (Lipinski definition) is 3. The van der Waals surface area contributed by atoms with Gasteiger partial charge in [0, 0.05) is 11.4 Å². The largest absolute Gasteiger partial charge is 0.474 e. The predicted molar refractivity (Wildman–Crippen MR) is 60.1 cm³/mol. The Labute approximate surface area is 95.5 Å². The molecule has 0 amide bonds. The summed E-state index contributed by atoms with van der Waals surface area (Å²) in [7, 11) is 0. The number of rotatable bonds is 4. The highest BCUT2D eigenvalue weighted by Gasteiger charge is 2.14. The first kappa shape index (κ1) is 11.5. The van der Waals surface area contributed by atoms with Gasteiger partial charge in [0.05, 0.1) is 4.92 Å². The average Bonchev–Trinajstić information content (AvgIpc) is 2.25. The van der Waals surface area contributed by atoms with Gasteiger partial charge in [0.2, 0.25) is 0 Å². The van der Waals surface area contributed by atoms with Gasteiger partial charge in [-0.05, 0) is 11.6 Å². The van der Waals surface area contributed by atoms with Gasteiger partial charge in [-0.3, -0.25) is 10.1 Å². The first-order chi connectivity index (χ1) is 7.19. The van der Waals surface area contributed by atoms with Gasteiger partial charge < -0.3 is 4.74 Å². The molecule has 78 valence electrons. The maximum Gasteiger partial charge on any atom is 0.310 e. The SMILES string of the molecule is C#CCOc1cc(CBr)ccc1[N+](=O)[O-]. The minimum Gasteiger partial charge on any atom is -0.474 e. The van der Waals surface area contributed by atoms with E-state index in [0.29, 0.717) is 5.33 Å². The number of benzene rings is 1. The normalized spacial score (nSPS) is 9.33. The molecule has 5 heteroatoms. The van der Waals surface area contributed by atoms with E-state index in [1.54, 1.807) is 12.1 Å². The van der Waals surface area contributed by atoms with Crippen molar-refractivity contribution in [3.05, 3.63) is 33.9 Å². The number of alkyl halides is 1. The van der Waals surface area contributed by atoms with Crippen LogP contribution in [0.2, 0.25) is 0 Å². The molecular formula is C10H8BrNO3. The van der Waals surface area contributed by atoms with Crippen molar-refractivity contribution < 1.29 is 9.66 Å². The van der Waals surface area contributed by atoms with Crippen molar-refractivity contribution in [3.63, 3.8) is 0 Å². The number of nitrogens with zero attached hydrogens (tertiary/aromatic N) is 1. The van der Waals surface area contributed by atoms with Crippen LogP contribution in [-0.4, -0.2) is 11.5 Å². The second-order valence-electron chi connectivity index (χ2n) is 2.69. The van der Waals surface area contributed by atoms with E-state index in [-0.39, 0.29) is 18.0 Å². The second kappa shape index (κ2) is 5.37. The van der Waals surface area contributed by atoms with Crippen molar-refractivity contribution in [2.75, 3.05) is 6.61 Å². The molecule has 0 atom stereocenters. The molecule has 1 aromatic carbocycles. The van der Waals surface area contributed by atoms with Crippen LogP contribution in [0.25, 0.3) is 0 Å². The summed E-state index contributed by atoms with van der Waals surface area (Å²) in [4.78, 5) is 10.2. The molecular weight excluding hydrogens is 262 g/mol. The predicted octanol–water partition coefficient (Wildman–Crippen LogP) is 2.50. The fourth-order valence-corrected chi connectivity index (χ4v) is 1.38. The molecule has 0 spiro atoms. The zero-order valence-electron chi connectivity index (χ0n) is 7.77. The summed E-state index contributed by atoms with van der Waals surface area (Å²) in [6.45, 7) is 0.0204. The maximum atomic E-state index is 10.6. The van der Waals surface area contributed by atoms with E-state index in [4.69, 9.17) is 11.2 Å². The van der Waals surface area contributed by atoms with Crippen molar-refractivity contribution in [2.45, 2.75) is 5.33 Å². The molecule has 1 aromatic rings. The highest BCUT2D eigenvalue weighted by molar-refractivity contribution is 9.08. The van der Waals surface area contributed by atoms with Crippen LogP contribution in [0, 0.1) is 22.5 Å². The monoisotopic (exact) mass is 269 g/mol. The molecule has 15 heavy (non-hydrogen) atoms. The van der Waals surface area contributed by atoms with Gasteiger partial charge in [-0.1, -0.05) is 27.9 Å². The minimum atomic E-state index is -0.496. The first-order valence-electron chi connectivity index (χ1n) is 4.08. The minimum absolute atomic E-state index is 0.0204. The zero-order chi connectivity index (χ0) is 11.3. The van der Waals surface area contributed by atoms with Gasteiger partial charge in [0.15, 0.2) is 5.75 Å². The number of hydrogen-bond donors (Lipinski definition) is 0. The third kappa shape index (κ3) is 2.96. The Kier molecular flexibility index (Phi) is 4.13. The van der Waals surface area contributed by atoms with Gasteiger partial charge in [-0.2, -0.15) is 0 Å². The van der Waals surface area contributed by atoms with Crippen LogP contribution >= 0.6 is 15.9 Å². The van der Waals surface area contributed by atoms with E-state index in [1.807, 2.05) is 0 Å². The number of nitro groups is 1. The molecule has 0 aromatic heterocycles. The molecule has 0 aliphatic heterocycles. The van der Waals surface area contributed by atoms with Gasteiger partial charge in [0.1, 0.15) is 6.61 Å². The van der Waals surface area contributed by atoms with Crippen LogP contribution in [0.3, 0.4) is 0 Å². The first-order valence-corrected chi connectivity index (χ1v) is 5.20. The highest BCUT2D eigenvalue weighted by Crippen LogP contribution is 2.28. The summed E-state index contributed by atoms with van der Waals surface area (Å²) in [5.74, 6) is 2.47. The molecule has 0 aliphatic carbocycles. The average molecular weight is 270 g/mol. The standard InChI is InChI=1S/C10H8BrNO3/c1-2-5-15-10-6-8(7-11)3-4-9(10)12(13)14/h1,3-4,6H,5,7H2.